The average Bonchev–Trinajstić information content (AvgIpc) is 3.20. The van der Waals surface area contributed by atoms with Gasteiger partial charge in [0, 0.05) is 19.5 Å². The summed E-state index contributed by atoms with van der Waals surface area (Å²) in [6.07, 6.45) is 2.98. The van der Waals surface area contributed by atoms with Crippen LogP contribution in [0.25, 0.3) is 0 Å². The van der Waals surface area contributed by atoms with E-state index in [0.29, 0.717) is 5.56 Å². The second-order valence-corrected chi connectivity index (χ2v) is 10.5. The molecule has 1 aromatic rings. The van der Waals surface area contributed by atoms with Gasteiger partial charge < -0.3 is 19.1 Å². The molecule has 2 rings (SSSR count). The largest absolute Gasteiger partial charge is 0.534 e. The summed E-state index contributed by atoms with van der Waals surface area (Å²) in [6, 6.07) is 3.82. The lowest BCUT2D eigenvalue weighted by Crippen LogP contribution is -2.51. The number of nitrogens with zero attached hydrogens (tertiary/aromatic N) is 1. The maximum absolute atomic E-state index is 13.1. The van der Waals surface area contributed by atoms with E-state index in [9.17, 15) is 31.2 Å². The fourth-order valence-electron chi connectivity index (χ4n) is 3.46. The van der Waals surface area contributed by atoms with Crippen LogP contribution in [-0.4, -0.2) is 55.6 Å². The van der Waals surface area contributed by atoms with Crippen LogP contribution in [0.1, 0.15) is 52.0 Å². The van der Waals surface area contributed by atoms with Crippen molar-refractivity contribution in [2.24, 2.45) is 0 Å². The molecule has 12 heteroatoms. The van der Waals surface area contributed by atoms with Crippen LogP contribution in [0.2, 0.25) is 0 Å². The second-order valence-electron chi connectivity index (χ2n) is 8.92. The van der Waals surface area contributed by atoms with E-state index in [1.165, 1.54) is 12.1 Å². The van der Waals surface area contributed by atoms with Crippen molar-refractivity contribution in [3.8, 4) is 5.75 Å². The van der Waals surface area contributed by atoms with Gasteiger partial charge in [-0.15, -0.1) is 0 Å². The number of alkyl carbamates (subject to hydrolysis) is 1. The first-order valence-corrected chi connectivity index (χ1v) is 11.9. The molecular formula is C21H29F3N2O6S. The van der Waals surface area contributed by atoms with Crippen LogP contribution in [0, 0.1) is 0 Å². The number of rotatable bonds is 7. The molecule has 1 aromatic carbocycles. The van der Waals surface area contributed by atoms with Crippen molar-refractivity contribution in [1.29, 1.82) is 0 Å². The van der Waals surface area contributed by atoms with Crippen molar-refractivity contribution in [3.63, 3.8) is 0 Å². The van der Waals surface area contributed by atoms with Crippen LogP contribution >= 0.6 is 0 Å². The fourth-order valence-corrected chi connectivity index (χ4v) is 3.92. The summed E-state index contributed by atoms with van der Waals surface area (Å²) in [4.78, 5) is 27.0. The van der Waals surface area contributed by atoms with Gasteiger partial charge in [-0.25, -0.2) is 4.79 Å². The zero-order valence-electron chi connectivity index (χ0n) is 18.9. The van der Waals surface area contributed by atoms with Gasteiger partial charge in [0.2, 0.25) is 5.91 Å². The number of hydrogen-bond donors (Lipinski definition) is 1. The first kappa shape index (κ1) is 26.7. The molecule has 8 nitrogen and oxygen atoms in total. The molecule has 0 unspecified atom stereocenters. The van der Waals surface area contributed by atoms with Crippen LogP contribution in [0.3, 0.4) is 0 Å². The molecule has 1 saturated carbocycles. The van der Waals surface area contributed by atoms with Crippen molar-refractivity contribution in [3.05, 3.63) is 29.8 Å². The van der Waals surface area contributed by atoms with E-state index < -0.39 is 39.1 Å². The Kier molecular flexibility index (Phi) is 8.26. The maximum atomic E-state index is 13.1. The van der Waals surface area contributed by atoms with Crippen molar-refractivity contribution in [2.45, 2.75) is 76.1 Å². The monoisotopic (exact) mass is 494 g/mol. The number of carbonyl (C=O) groups is 2. The van der Waals surface area contributed by atoms with E-state index in [4.69, 9.17) is 4.74 Å². The fraction of sp³-hybridized carbons (Fsp3) is 0.619. The molecule has 0 spiro atoms. The van der Waals surface area contributed by atoms with Crippen molar-refractivity contribution in [2.75, 3.05) is 7.05 Å². The van der Waals surface area contributed by atoms with Gasteiger partial charge in [0.1, 0.15) is 17.4 Å². The van der Waals surface area contributed by atoms with Gasteiger partial charge in [0.25, 0.3) is 0 Å². The molecule has 1 atom stereocenters. The highest BCUT2D eigenvalue weighted by molar-refractivity contribution is 7.88. The molecule has 186 valence electrons. The van der Waals surface area contributed by atoms with Gasteiger partial charge in [0.05, 0.1) is 0 Å². The number of ether oxygens (including phenoxy) is 1. The standard InChI is InChI=1S/C21H29F3N2O6S/c1-20(2,3)31-19(28)25-17(18(27)26(4)15-7-5-6-8-15)13-14-9-11-16(12-10-14)32-33(29,30)21(22,23)24/h9-12,15,17H,5-8,13H2,1-4H3,(H,25,28)/t17-/m0/s1. The number of alkyl halides is 3. The van der Waals surface area contributed by atoms with E-state index >= 15 is 0 Å². The van der Waals surface area contributed by atoms with Crippen LogP contribution in [0.4, 0.5) is 18.0 Å². The Morgan fingerprint density at radius 1 is 1.12 bits per heavy atom. The molecule has 33 heavy (non-hydrogen) atoms. The smallest absolute Gasteiger partial charge is 0.444 e. The molecule has 0 saturated heterocycles. The van der Waals surface area contributed by atoms with Gasteiger partial charge in [-0.1, -0.05) is 25.0 Å². The zero-order valence-corrected chi connectivity index (χ0v) is 19.8. The predicted molar refractivity (Wildman–Crippen MR) is 114 cm³/mol. The predicted octanol–water partition coefficient (Wildman–Crippen LogP) is 3.75. The maximum Gasteiger partial charge on any atom is 0.534 e. The quantitative estimate of drug-likeness (QED) is 0.458. The van der Waals surface area contributed by atoms with Gasteiger partial charge in [-0.2, -0.15) is 21.6 Å². The third-order valence-corrected chi connectivity index (χ3v) is 6.04. The Labute approximate surface area is 191 Å². The summed E-state index contributed by atoms with van der Waals surface area (Å²) >= 11 is 0. The minimum atomic E-state index is -5.79. The number of hydrogen-bond acceptors (Lipinski definition) is 6. The molecule has 0 aliphatic heterocycles. The van der Waals surface area contributed by atoms with E-state index in [0.717, 1.165) is 37.8 Å². The third-order valence-electron chi connectivity index (χ3n) is 5.06. The lowest BCUT2D eigenvalue weighted by Gasteiger charge is -2.30. The number of nitrogens with one attached hydrogen (secondary N) is 1. The average molecular weight is 495 g/mol. The van der Waals surface area contributed by atoms with Gasteiger partial charge >= 0.3 is 21.7 Å². The molecule has 2 amide bonds. The van der Waals surface area contributed by atoms with Crippen molar-refractivity contribution < 1.29 is 40.1 Å². The molecule has 0 bridgehead atoms. The summed E-state index contributed by atoms with van der Waals surface area (Å²) < 4.78 is 69.1. The first-order chi connectivity index (χ1) is 15.1. The van der Waals surface area contributed by atoms with Crippen LogP contribution in [0.5, 0.6) is 5.75 Å². The Bertz CT molecular complexity index is 936. The molecule has 1 aliphatic rings. The van der Waals surface area contributed by atoms with Crippen molar-refractivity contribution in [1.82, 2.24) is 10.2 Å². The van der Waals surface area contributed by atoms with E-state index in [-0.39, 0.29) is 18.4 Å². The Balaban J connectivity index is 2.17. The number of benzene rings is 1. The zero-order chi connectivity index (χ0) is 25.0. The molecule has 1 N–H and O–H groups in total. The van der Waals surface area contributed by atoms with E-state index in [1.807, 2.05) is 0 Å². The minimum Gasteiger partial charge on any atom is -0.444 e. The molecule has 0 aromatic heterocycles. The highest BCUT2D eigenvalue weighted by Gasteiger charge is 2.48. The topological polar surface area (TPSA) is 102 Å². The minimum absolute atomic E-state index is 0.0153. The molecular weight excluding hydrogens is 465 g/mol. The third kappa shape index (κ3) is 7.79. The summed E-state index contributed by atoms with van der Waals surface area (Å²) in [5.74, 6) is -0.852. The first-order valence-electron chi connectivity index (χ1n) is 10.4. The molecule has 0 radical (unpaired) electrons. The highest BCUT2D eigenvalue weighted by atomic mass is 32.2. The summed E-state index contributed by atoms with van der Waals surface area (Å²) in [5, 5.41) is 2.57. The van der Waals surface area contributed by atoms with E-state index in [2.05, 4.69) is 9.50 Å². The highest BCUT2D eigenvalue weighted by Crippen LogP contribution is 2.27. The van der Waals surface area contributed by atoms with Gasteiger partial charge in [0.15, 0.2) is 0 Å². The Morgan fingerprint density at radius 3 is 2.15 bits per heavy atom. The van der Waals surface area contributed by atoms with Crippen molar-refractivity contribution >= 4 is 22.1 Å². The molecule has 1 aliphatic carbocycles. The normalized spacial score (nSPS) is 16.2. The molecule has 1 fully saturated rings. The van der Waals surface area contributed by atoms with E-state index in [1.54, 1.807) is 32.7 Å². The van der Waals surface area contributed by atoms with Crippen LogP contribution in [0.15, 0.2) is 24.3 Å². The lowest BCUT2D eigenvalue weighted by atomic mass is 10.0. The number of carbonyl (C=O) groups excluding carboxylic acids is 2. The SMILES string of the molecule is CN(C(=O)[C@H](Cc1ccc(OS(=O)(=O)C(F)(F)F)cc1)NC(=O)OC(C)(C)C)C1CCCC1. The van der Waals surface area contributed by atoms with Gasteiger partial charge in [-0.05, 0) is 51.3 Å². The second kappa shape index (κ2) is 10.2. The molecule has 0 heterocycles. The number of likely N-dealkylation sites (N-methyl/N-ethyl adjacent to an activating group) is 1. The van der Waals surface area contributed by atoms with Crippen LogP contribution in [-0.2, 0) is 26.1 Å². The number of halogens is 3. The summed E-state index contributed by atoms with van der Waals surface area (Å²) in [6.45, 7) is 5.05. The number of amides is 2. The Hall–Kier alpha value is -2.50. The van der Waals surface area contributed by atoms with Gasteiger partial charge in [-0.3, -0.25) is 4.79 Å². The lowest BCUT2D eigenvalue weighted by molar-refractivity contribution is -0.134. The van der Waals surface area contributed by atoms with Crippen LogP contribution < -0.4 is 9.50 Å². The summed E-state index contributed by atoms with van der Waals surface area (Å²) in [7, 11) is -4.12. The summed E-state index contributed by atoms with van der Waals surface area (Å²) in [5.41, 5.74) is -5.86. The Morgan fingerprint density at radius 2 is 1.67 bits per heavy atom.